The van der Waals surface area contributed by atoms with Gasteiger partial charge in [-0.05, 0) is 36.3 Å². The number of hydrogen-bond donors (Lipinski definition) is 2. The van der Waals surface area contributed by atoms with Crippen LogP contribution in [0.3, 0.4) is 0 Å². The zero-order chi connectivity index (χ0) is 22.1. The zero-order valence-corrected chi connectivity index (χ0v) is 18.1. The van der Waals surface area contributed by atoms with Gasteiger partial charge in [-0.1, -0.05) is 78.4 Å². The van der Waals surface area contributed by atoms with Crippen molar-refractivity contribution in [2.45, 2.75) is 17.9 Å². The monoisotopic (exact) mass is 443 g/mol. The third kappa shape index (κ3) is 3.88. The van der Waals surface area contributed by atoms with Crippen LogP contribution in [0.15, 0.2) is 95.9 Å². The highest BCUT2D eigenvalue weighted by molar-refractivity contribution is 7.92. The van der Waals surface area contributed by atoms with E-state index in [1.165, 1.54) is 0 Å². The van der Waals surface area contributed by atoms with Crippen LogP contribution in [0.25, 0.3) is 5.70 Å². The fraction of sp³-hybridized carbons (Fsp3) is 0.0833. The van der Waals surface area contributed by atoms with Crippen LogP contribution < -0.4 is 10.0 Å². The minimum atomic E-state index is -3.81. The Labute approximate surface area is 186 Å². The second-order valence-corrected chi connectivity index (χ2v) is 9.23. The lowest BCUT2D eigenvalue weighted by Gasteiger charge is -2.24. The van der Waals surface area contributed by atoms with E-state index in [0.717, 1.165) is 22.4 Å². The molecule has 0 aliphatic carbocycles. The number of nitrogens with zero attached hydrogens (tertiary/aromatic N) is 3. The maximum atomic E-state index is 12.8. The SMILES string of the molecule is Cc1ccc(S(=O)(=O)Nc2nc3n(n2)[C@@H](c2ccccc2)C=C(c2ccccc2)N3)cc1. The van der Waals surface area contributed by atoms with Crippen molar-refractivity contribution >= 4 is 27.6 Å². The van der Waals surface area contributed by atoms with Gasteiger partial charge in [-0.3, -0.25) is 0 Å². The number of nitrogens with one attached hydrogen (secondary N) is 2. The van der Waals surface area contributed by atoms with E-state index in [9.17, 15) is 8.42 Å². The van der Waals surface area contributed by atoms with Gasteiger partial charge >= 0.3 is 0 Å². The molecule has 2 heterocycles. The molecule has 1 aromatic heterocycles. The quantitative estimate of drug-likeness (QED) is 0.476. The third-order valence-corrected chi connectivity index (χ3v) is 6.59. The van der Waals surface area contributed by atoms with Gasteiger partial charge in [0.2, 0.25) is 5.95 Å². The van der Waals surface area contributed by atoms with Crippen molar-refractivity contribution in [3.05, 3.63) is 108 Å². The molecular formula is C24H21N5O2S. The Morgan fingerprint density at radius 3 is 2.25 bits per heavy atom. The van der Waals surface area contributed by atoms with Gasteiger partial charge in [-0.2, -0.15) is 4.98 Å². The molecule has 0 amide bonds. The summed E-state index contributed by atoms with van der Waals surface area (Å²) in [6, 6.07) is 26.2. The lowest BCUT2D eigenvalue weighted by atomic mass is 10.0. The van der Waals surface area contributed by atoms with Crippen LogP contribution >= 0.6 is 0 Å². The number of anilines is 2. The van der Waals surface area contributed by atoms with Crippen LogP contribution in [0, 0.1) is 6.92 Å². The molecule has 8 heteroatoms. The molecule has 2 N–H and O–H groups in total. The Hall–Kier alpha value is -3.91. The summed E-state index contributed by atoms with van der Waals surface area (Å²) in [6.45, 7) is 1.90. The van der Waals surface area contributed by atoms with Crippen LogP contribution in [0.1, 0.15) is 22.7 Å². The van der Waals surface area contributed by atoms with Gasteiger partial charge in [0.15, 0.2) is 0 Å². The van der Waals surface area contributed by atoms with Crippen molar-refractivity contribution in [2.75, 3.05) is 10.0 Å². The van der Waals surface area contributed by atoms with Gasteiger partial charge in [-0.15, -0.1) is 5.10 Å². The summed E-state index contributed by atoms with van der Waals surface area (Å²) in [5, 5.41) is 7.76. The van der Waals surface area contributed by atoms with E-state index in [1.807, 2.05) is 67.6 Å². The fourth-order valence-electron chi connectivity index (χ4n) is 3.61. The summed E-state index contributed by atoms with van der Waals surface area (Å²) in [5.41, 5.74) is 3.88. The number of allylic oxidation sites excluding steroid dienone is 1. The summed E-state index contributed by atoms with van der Waals surface area (Å²) in [6.07, 6.45) is 2.06. The number of rotatable bonds is 5. The molecule has 1 aliphatic rings. The molecule has 3 aromatic carbocycles. The highest BCUT2D eigenvalue weighted by Gasteiger charge is 2.26. The summed E-state index contributed by atoms with van der Waals surface area (Å²) < 4.78 is 29.9. The van der Waals surface area contributed by atoms with E-state index in [0.29, 0.717) is 5.95 Å². The predicted octanol–water partition coefficient (Wildman–Crippen LogP) is 4.44. The van der Waals surface area contributed by atoms with Crippen molar-refractivity contribution < 1.29 is 8.42 Å². The molecule has 0 spiro atoms. The van der Waals surface area contributed by atoms with Gasteiger partial charge in [0.1, 0.15) is 6.04 Å². The number of benzene rings is 3. The molecule has 1 aliphatic heterocycles. The van der Waals surface area contributed by atoms with Gasteiger partial charge in [0.25, 0.3) is 16.0 Å². The van der Waals surface area contributed by atoms with Crippen molar-refractivity contribution in [2.24, 2.45) is 0 Å². The Morgan fingerprint density at radius 2 is 1.56 bits per heavy atom. The Kier molecular flexibility index (Phi) is 4.99. The van der Waals surface area contributed by atoms with E-state index in [-0.39, 0.29) is 16.9 Å². The molecule has 32 heavy (non-hydrogen) atoms. The third-order valence-electron chi connectivity index (χ3n) is 5.25. The van der Waals surface area contributed by atoms with Gasteiger partial charge in [-0.25, -0.2) is 17.8 Å². The minimum Gasteiger partial charge on any atom is -0.324 e. The summed E-state index contributed by atoms with van der Waals surface area (Å²) in [4.78, 5) is 4.60. The first-order valence-electron chi connectivity index (χ1n) is 10.1. The molecule has 1 atom stereocenters. The van der Waals surface area contributed by atoms with Crippen LogP contribution in [0.4, 0.5) is 11.9 Å². The Morgan fingerprint density at radius 1 is 0.906 bits per heavy atom. The van der Waals surface area contributed by atoms with Gasteiger partial charge < -0.3 is 5.32 Å². The average Bonchev–Trinajstić information content (AvgIpc) is 3.21. The predicted molar refractivity (Wildman–Crippen MR) is 125 cm³/mol. The fourth-order valence-corrected chi connectivity index (χ4v) is 4.55. The topological polar surface area (TPSA) is 88.9 Å². The number of fused-ring (bicyclic) bond motifs is 1. The number of sulfonamides is 1. The zero-order valence-electron chi connectivity index (χ0n) is 17.3. The molecule has 0 saturated heterocycles. The molecule has 7 nitrogen and oxygen atoms in total. The van der Waals surface area contributed by atoms with Crippen molar-refractivity contribution in [3.63, 3.8) is 0 Å². The van der Waals surface area contributed by atoms with Crippen LogP contribution in [-0.2, 0) is 10.0 Å². The Balaban J connectivity index is 1.53. The van der Waals surface area contributed by atoms with E-state index in [2.05, 4.69) is 26.2 Å². The molecule has 5 rings (SSSR count). The number of aromatic nitrogens is 3. The molecule has 0 bridgehead atoms. The van der Waals surface area contributed by atoms with Crippen molar-refractivity contribution in [1.29, 1.82) is 0 Å². The van der Waals surface area contributed by atoms with E-state index in [1.54, 1.807) is 28.9 Å². The highest BCUT2D eigenvalue weighted by atomic mass is 32.2. The second-order valence-electron chi connectivity index (χ2n) is 7.55. The first-order chi connectivity index (χ1) is 15.5. The summed E-state index contributed by atoms with van der Waals surface area (Å²) >= 11 is 0. The van der Waals surface area contributed by atoms with Crippen molar-refractivity contribution in [3.8, 4) is 0 Å². The Bertz CT molecular complexity index is 1380. The normalized spacial score (nSPS) is 15.4. The molecular weight excluding hydrogens is 422 g/mol. The average molecular weight is 444 g/mol. The van der Waals surface area contributed by atoms with E-state index >= 15 is 0 Å². The molecule has 0 radical (unpaired) electrons. The van der Waals surface area contributed by atoms with Crippen LogP contribution in [0.2, 0.25) is 0 Å². The van der Waals surface area contributed by atoms with Crippen LogP contribution in [0.5, 0.6) is 0 Å². The smallest absolute Gasteiger partial charge is 0.264 e. The lowest BCUT2D eigenvalue weighted by molar-refractivity contribution is 0.598. The standard InChI is InChI=1S/C24H21N5O2S/c1-17-12-14-20(15-13-17)32(30,31)28-23-26-24-25-21(18-8-4-2-5-9-18)16-22(29(24)27-23)19-10-6-3-7-11-19/h2-16,22H,1H3,(H2,25,26,27,28)/t22-/m1/s1. The first-order valence-corrected chi connectivity index (χ1v) is 11.6. The number of hydrogen-bond acceptors (Lipinski definition) is 5. The van der Waals surface area contributed by atoms with Gasteiger partial charge in [0, 0.05) is 5.70 Å². The second kappa shape index (κ2) is 7.97. The minimum absolute atomic E-state index is 0.0108. The molecule has 160 valence electrons. The van der Waals surface area contributed by atoms with Crippen molar-refractivity contribution in [1.82, 2.24) is 14.8 Å². The largest absolute Gasteiger partial charge is 0.324 e. The molecule has 0 unspecified atom stereocenters. The van der Waals surface area contributed by atoms with E-state index in [4.69, 9.17) is 0 Å². The molecule has 0 saturated carbocycles. The lowest BCUT2D eigenvalue weighted by Crippen LogP contribution is -2.20. The summed E-state index contributed by atoms with van der Waals surface area (Å²) in [5.74, 6) is 0.471. The first kappa shape index (κ1) is 20.0. The maximum absolute atomic E-state index is 12.8. The maximum Gasteiger partial charge on any atom is 0.264 e. The molecule has 0 fully saturated rings. The van der Waals surface area contributed by atoms with Gasteiger partial charge in [0.05, 0.1) is 4.90 Å². The summed E-state index contributed by atoms with van der Waals surface area (Å²) in [7, 11) is -3.81. The number of aryl methyl sites for hydroxylation is 1. The highest BCUT2D eigenvalue weighted by Crippen LogP contribution is 2.33. The van der Waals surface area contributed by atoms with Crippen LogP contribution in [-0.4, -0.2) is 23.2 Å². The molecule has 4 aromatic rings. The van der Waals surface area contributed by atoms with E-state index < -0.39 is 10.0 Å².